The summed E-state index contributed by atoms with van der Waals surface area (Å²) in [5.74, 6) is 0.667. The van der Waals surface area contributed by atoms with Gasteiger partial charge in [0.15, 0.2) is 0 Å². The zero-order valence-electron chi connectivity index (χ0n) is 8.26. The van der Waals surface area contributed by atoms with Crippen LogP contribution < -0.4 is 4.74 Å². The van der Waals surface area contributed by atoms with Crippen molar-refractivity contribution in [3.05, 3.63) is 55.1 Å². The number of ether oxygens (including phenoxy) is 1. The van der Waals surface area contributed by atoms with E-state index in [0.29, 0.717) is 5.75 Å². The third kappa shape index (κ3) is 2.00. The van der Waals surface area contributed by atoms with Gasteiger partial charge in [-0.2, -0.15) is 0 Å². The van der Waals surface area contributed by atoms with Crippen molar-refractivity contribution in [3.8, 4) is 5.75 Å². The van der Waals surface area contributed by atoms with Crippen molar-refractivity contribution in [2.75, 3.05) is 0 Å². The van der Waals surface area contributed by atoms with Gasteiger partial charge in [-0.3, -0.25) is 0 Å². The van der Waals surface area contributed by atoms with Crippen LogP contribution >= 0.6 is 0 Å². The number of aliphatic hydroxyl groups is 1. The predicted octanol–water partition coefficient (Wildman–Crippen LogP) is 2.72. The van der Waals surface area contributed by atoms with Crippen LogP contribution in [-0.4, -0.2) is 11.4 Å². The summed E-state index contributed by atoms with van der Waals surface area (Å²) in [6.45, 7) is 3.46. The molecule has 2 nitrogen and oxygen atoms in total. The van der Waals surface area contributed by atoms with Gasteiger partial charge in [0.1, 0.15) is 5.75 Å². The highest BCUT2D eigenvalue weighted by atomic mass is 16.6. The van der Waals surface area contributed by atoms with Crippen molar-refractivity contribution in [1.82, 2.24) is 0 Å². The van der Waals surface area contributed by atoms with Crippen LogP contribution in [0.4, 0.5) is 0 Å². The Labute approximate surface area is 88.4 Å². The molecule has 76 valence electrons. The van der Waals surface area contributed by atoms with Crippen LogP contribution in [0.2, 0.25) is 0 Å². The molecule has 0 spiro atoms. The fraction of sp³-hybridized carbons (Fsp3) is 0.0769. The van der Waals surface area contributed by atoms with Crippen LogP contribution in [0, 0.1) is 0 Å². The van der Waals surface area contributed by atoms with E-state index in [0.717, 1.165) is 10.8 Å². The number of fused-ring (bicyclic) bond motifs is 1. The van der Waals surface area contributed by atoms with Gasteiger partial charge in [-0.1, -0.05) is 43.0 Å². The summed E-state index contributed by atoms with van der Waals surface area (Å²) in [4.78, 5) is 0. The molecule has 0 aliphatic carbocycles. The molecule has 0 bridgehead atoms. The molecule has 1 atom stereocenters. The monoisotopic (exact) mass is 200 g/mol. The van der Waals surface area contributed by atoms with Gasteiger partial charge < -0.3 is 9.84 Å². The highest BCUT2D eigenvalue weighted by molar-refractivity contribution is 5.88. The van der Waals surface area contributed by atoms with Crippen LogP contribution in [0.1, 0.15) is 0 Å². The number of aliphatic hydroxyl groups excluding tert-OH is 1. The molecule has 2 heteroatoms. The van der Waals surface area contributed by atoms with Gasteiger partial charge >= 0.3 is 0 Å². The molecule has 2 aromatic rings. The van der Waals surface area contributed by atoms with Crippen molar-refractivity contribution in [2.45, 2.75) is 6.29 Å². The van der Waals surface area contributed by atoms with E-state index in [4.69, 9.17) is 4.74 Å². The molecule has 0 aliphatic heterocycles. The summed E-state index contributed by atoms with van der Waals surface area (Å²) in [6.07, 6.45) is 0.387. The number of hydrogen-bond acceptors (Lipinski definition) is 2. The van der Waals surface area contributed by atoms with Crippen LogP contribution in [0.5, 0.6) is 5.75 Å². The molecule has 2 rings (SSSR count). The molecule has 0 amide bonds. The first kappa shape index (κ1) is 9.74. The minimum Gasteiger partial charge on any atom is -0.461 e. The fourth-order valence-electron chi connectivity index (χ4n) is 1.48. The van der Waals surface area contributed by atoms with E-state index in [-0.39, 0.29) is 0 Å². The minimum atomic E-state index is -0.962. The van der Waals surface area contributed by atoms with Crippen molar-refractivity contribution in [3.63, 3.8) is 0 Å². The van der Waals surface area contributed by atoms with Crippen LogP contribution in [0.15, 0.2) is 55.1 Å². The topological polar surface area (TPSA) is 29.5 Å². The van der Waals surface area contributed by atoms with Gasteiger partial charge in [-0.05, 0) is 17.5 Å². The average molecular weight is 200 g/mol. The Morgan fingerprint density at radius 2 is 1.87 bits per heavy atom. The Bertz CT molecular complexity index is 471. The smallest absolute Gasteiger partial charge is 0.217 e. The molecule has 0 saturated heterocycles. The Morgan fingerprint density at radius 1 is 1.13 bits per heavy atom. The SMILES string of the molecule is C=CC(O)Oc1cccc2ccccc12. The number of rotatable bonds is 3. The summed E-state index contributed by atoms with van der Waals surface area (Å²) in [7, 11) is 0. The second-order valence-electron chi connectivity index (χ2n) is 3.22. The van der Waals surface area contributed by atoms with E-state index in [9.17, 15) is 5.11 Å². The van der Waals surface area contributed by atoms with Gasteiger partial charge in [-0.15, -0.1) is 0 Å². The maximum Gasteiger partial charge on any atom is 0.217 e. The summed E-state index contributed by atoms with van der Waals surface area (Å²) < 4.78 is 5.31. The van der Waals surface area contributed by atoms with Gasteiger partial charge in [0.2, 0.25) is 6.29 Å². The molecular weight excluding hydrogens is 188 g/mol. The van der Waals surface area contributed by atoms with Crippen molar-refractivity contribution < 1.29 is 9.84 Å². The average Bonchev–Trinajstić information content (AvgIpc) is 2.29. The van der Waals surface area contributed by atoms with E-state index >= 15 is 0 Å². The normalized spacial score (nSPS) is 12.3. The van der Waals surface area contributed by atoms with E-state index in [1.807, 2.05) is 42.5 Å². The largest absolute Gasteiger partial charge is 0.461 e. The summed E-state index contributed by atoms with van der Waals surface area (Å²) in [5, 5.41) is 11.4. The lowest BCUT2D eigenvalue weighted by molar-refractivity contribution is 0.0263. The fourth-order valence-corrected chi connectivity index (χ4v) is 1.48. The van der Waals surface area contributed by atoms with Gasteiger partial charge in [0.05, 0.1) is 0 Å². The van der Waals surface area contributed by atoms with Crippen molar-refractivity contribution >= 4 is 10.8 Å². The standard InChI is InChI=1S/C13H12O2/c1-2-13(14)15-12-9-5-7-10-6-3-4-8-11(10)12/h2-9,13-14H,1H2. The van der Waals surface area contributed by atoms with Crippen molar-refractivity contribution in [2.24, 2.45) is 0 Å². The maximum atomic E-state index is 9.33. The second-order valence-corrected chi connectivity index (χ2v) is 3.22. The molecular formula is C13H12O2. The zero-order valence-corrected chi connectivity index (χ0v) is 8.26. The second kappa shape index (κ2) is 4.15. The third-order valence-electron chi connectivity index (χ3n) is 2.20. The molecule has 2 aromatic carbocycles. The predicted molar refractivity (Wildman–Crippen MR) is 60.8 cm³/mol. The molecule has 0 heterocycles. The van der Waals surface area contributed by atoms with Crippen LogP contribution in [0.25, 0.3) is 10.8 Å². The summed E-state index contributed by atoms with van der Waals surface area (Å²) >= 11 is 0. The van der Waals surface area contributed by atoms with E-state index in [2.05, 4.69) is 6.58 Å². The van der Waals surface area contributed by atoms with Crippen molar-refractivity contribution in [1.29, 1.82) is 0 Å². The molecule has 0 radical (unpaired) electrons. The molecule has 0 fully saturated rings. The molecule has 15 heavy (non-hydrogen) atoms. The quantitative estimate of drug-likeness (QED) is 0.609. The maximum absolute atomic E-state index is 9.33. The van der Waals surface area contributed by atoms with Crippen LogP contribution in [0.3, 0.4) is 0 Å². The number of benzene rings is 2. The zero-order chi connectivity index (χ0) is 10.7. The first-order valence-electron chi connectivity index (χ1n) is 4.76. The lowest BCUT2D eigenvalue weighted by Crippen LogP contribution is -2.11. The van der Waals surface area contributed by atoms with E-state index in [1.54, 1.807) is 0 Å². The van der Waals surface area contributed by atoms with Gasteiger partial charge in [0, 0.05) is 5.39 Å². The lowest BCUT2D eigenvalue weighted by Gasteiger charge is -2.11. The molecule has 0 aliphatic rings. The van der Waals surface area contributed by atoms with Gasteiger partial charge in [-0.25, -0.2) is 0 Å². The Morgan fingerprint density at radius 3 is 2.67 bits per heavy atom. The van der Waals surface area contributed by atoms with E-state index in [1.165, 1.54) is 6.08 Å². The summed E-state index contributed by atoms with van der Waals surface area (Å²) in [5.41, 5.74) is 0. The highest BCUT2D eigenvalue weighted by Gasteiger charge is 2.04. The van der Waals surface area contributed by atoms with Crippen LogP contribution in [-0.2, 0) is 0 Å². The molecule has 1 N–H and O–H groups in total. The first-order valence-corrected chi connectivity index (χ1v) is 4.76. The molecule has 1 unspecified atom stereocenters. The van der Waals surface area contributed by atoms with Gasteiger partial charge in [0.25, 0.3) is 0 Å². The first-order chi connectivity index (χ1) is 7.31. The summed E-state index contributed by atoms with van der Waals surface area (Å²) in [6, 6.07) is 13.6. The third-order valence-corrected chi connectivity index (χ3v) is 2.20. The minimum absolute atomic E-state index is 0.667. The number of hydrogen-bond donors (Lipinski definition) is 1. The molecule has 0 aromatic heterocycles. The Kier molecular flexibility index (Phi) is 2.70. The Balaban J connectivity index is 2.46. The Hall–Kier alpha value is -1.80. The highest BCUT2D eigenvalue weighted by Crippen LogP contribution is 2.25. The van der Waals surface area contributed by atoms with E-state index < -0.39 is 6.29 Å². The molecule has 0 saturated carbocycles. The lowest BCUT2D eigenvalue weighted by atomic mass is 10.1.